The van der Waals surface area contributed by atoms with Gasteiger partial charge in [-0.05, 0) is 37.8 Å². The highest BCUT2D eigenvalue weighted by molar-refractivity contribution is 7.91. The molecular weight excluding hydrogens is 412 g/mol. The van der Waals surface area contributed by atoms with Crippen molar-refractivity contribution in [3.05, 3.63) is 36.4 Å². The van der Waals surface area contributed by atoms with Gasteiger partial charge in [0.1, 0.15) is 23.5 Å². The van der Waals surface area contributed by atoms with Gasteiger partial charge in [0.25, 0.3) is 6.43 Å². The number of fused-ring (bicyclic) bond motifs is 1. The summed E-state index contributed by atoms with van der Waals surface area (Å²) in [6, 6.07) is 4.62. The zero-order chi connectivity index (χ0) is 21.5. The van der Waals surface area contributed by atoms with Gasteiger partial charge in [-0.2, -0.15) is 5.10 Å². The van der Waals surface area contributed by atoms with E-state index in [-0.39, 0.29) is 17.7 Å². The maximum absolute atomic E-state index is 13.1. The Hall–Kier alpha value is -2.69. The lowest BCUT2D eigenvalue weighted by Gasteiger charge is -2.40. The number of nitrogens with one attached hydrogen (secondary N) is 1. The van der Waals surface area contributed by atoms with Crippen molar-refractivity contribution in [3.63, 3.8) is 0 Å². The van der Waals surface area contributed by atoms with Crippen LogP contribution in [-0.4, -0.2) is 53.4 Å². The Bertz CT molecular complexity index is 1160. The summed E-state index contributed by atoms with van der Waals surface area (Å²) < 4.78 is 47.3. The van der Waals surface area contributed by atoms with Gasteiger partial charge in [-0.3, -0.25) is 8.99 Å². The number of hydrogen-bond acceptors (Lipinski definition) is 7. The van der Waals surface area contributed by atoms with Crippen LogP contribution in [0.1, 0.15) is 31.9 Å². The van der Waals surface area contributed by atoms with Crippen LogP contribution in [0.2, 0.25) is 0 Å². The third kappa shape index (κ3) is 4.11. The first-order valence-electron chi connectivity index (χ1n) is 9.66. The molecule has 1 aliphatic rings. The molecule has 0 bridgehead atoms. The molecule has 1 unspecified atom stereocenters. The van der Waals surface area contributed by atoms with Crippen LogP contribution in [0.25, 0.3) is 17.0 Å². The summed E-state index contributed by atoms with van der Waals surface area (Å²) >= 11 is 0. The van der Waals surface area contributed by atoms with E-state index >= 15 is 0 Å². The average molecular weight is 436 g/mol. The van der Waals surface area contributed by atoms with Gasteiger partial charge in [-0.1, -0.05) is 0 Å². The van der Waals surface area contributed by atoms with E-state index in [0.717, 1.165) is 19.4 Å². The second-order valence-electron chi connectivity index (χ2n) is 7.74. The fourth-order valence-electron chi connectivity index (χ4n) is 4.00. The highest BCUT2D eigenvalue weighted by Crippen LogP contribution is 2.30. The van der Waals surface area contributed by atoms with E-state index < -0.39 is 16.2 Å². The summed E-state index contributed by atoms with van der Waals surface area (Å²) in [7, 11) is -2.58. The fraction of sp³-hybridized carbons (Fsp3) is 0.474. The van der Waals surface area contributed by atoms with Crippen LogP contribution in [-0.2, 0) is 9.73 Å². The van der Waals surface area contributed by atoms with E-state index in [1.54, 1.807) is 12.3 Å². The largest absolute Gasteiger partial charge is 0.353 e. The van der Waals surface area contributed by atoms with E-state index in [1.165, 1.54) is 29.2 Å². The van der Waals surface area contributed by atoms with Gasteiger partial charge in [0.05, 0.1) is 11.9 Å². The van der Waals surface area contributed by atoms with E-state index in [1.807, 2.05) is 0 Å². The number of aromatic nitrogens is 5. The van der Waals surface area contributed by atoms with E-state index in [9.17, 15) is 13.0 Å². The predicted molar refractivity (Wildman–Crippen MR) is 110 cm³/mol. The second-order valence-corrected chi connectivity index (χ2v) is 10.1. The molecule has 0 radical (unpaired) electrons. The first kappa shape index (κ1) is 20.6. The molecule has 160 valence electrons. The van der Waals surface area contributed by atoms with Crippen molar-refractivity contribution in [3.8, 4) is 11.4 Å². The van der Waals surface area contributed by atoms with Gasteiger partial charge in [0.15, 0.2) is 5.65 Å². The molecule has 3 atom stereocenters. The maximum atomic E-state index is 13.1. The van der Waals surface area contributed by atoms with Crippen LogP contribution in [0, 0.1) is 10.7 Å². The molecule has 0 aromatic carbocycles. The summed E-state index contributed by atoms with van der Waals surface area (Å²) in [5.41, 5.74) is 1.15. The standard InChI is InChI=1S/C19H23F2N7OS/c1-12-13(10-30(2,22)29)4-3-7-27(12)18-8-15(24-11-25-18)16-9-23-17-6-5-14(19(20)21)26-28(16)17/h5-6,8-9,11-13,19,22H,3-4,7,10H2,1-2H3/t12-,13+,30?/m0/s1. The molecule has 4 heterocycles. The minimum Gasteiger partial charge on any atom is -0.353 e. The van der Waals surface area contributed by atoms with Gasteiger partial charge < -0.3 is 4.90 Å². The zero-order valence-corrected chi connectivity index (χ0v) is 17.5. The van der Waals surface area contributed by atoms with E-state index in [2.05, 4.69) is 31.9 Å². The number of imidazole rings is 1. The molecule has 1 aliphatic heterocycles. The summed E-state index contributed by atoms with van der Waals surface area (Å²) in [5, 5.41) is 4.00. The van der Waals surface area contributed by atoms with Gasteiger partial charge in [-0.25, -0.2) is 28.2 Å². The molecule has 3 aromatic rings. The lowest BCUT2D eigenvalue weighted by atomic mass is 9.92. The predicted octanol–water partition coefficient (Wildman–Crippen LogP) is 3.41. The van der Waals surface area contributed by atoms with Gasteiger partial charge in [0, 0.05) is 40.4 Å². The van der Waals surface area contributed by atoms with Crippen LogP contribution in [0.3, 0.4) is 0 Å². The fourth-order valence-corrected chi connectivity index (χ4v) is 5.26. The summed E-state index contributed by atoms with van der Waals surface area (Å²) in [6.07, 6.45) is 3.63. The van der Waals surface area contributed by atoms with Crippen LogP contribution in [0.4, 0.5) is 14.6 Å². The Kier molecular flexibility index (Phi) is 5.39. The first-order chi connectivity index (χ1) is 14.2. The topological polar surface area (TPSA) is 100 Å². The number of halogens is 2. The van der Waals surface area contributed by atoms with Crippen LogP contribution in [0.15, 0.2) is 30.7 Å². The molecule has 0 saturated carbocycles. The third-order valence-corrected chi connectivity index (χ3v) is 6.56. The monoisotopic (exact) mass is 435 g/mol. The van der Waals surface area contributed by atoms with Crippen LogP contribution < -0.4 is 4.90 Å². The lowest BCUT2D eigenvalue weighted by Crippen LogP contribution is -2.46. The number of alkyl halides is 2. The first-order valence-corrected chi connectivity index (χ1v) is 11.8. The number of nitrogens with zero attached hydrogens (tertiary/aromatic N) is 6. The average Bonchev–Trinajstić information content (AvgIpc) is 3.12. The molecule has 0 amide bonds. The smallest absolute Gasteiger partial charge is 0.282 e. The normalized spacial score (nSPS) is 21.8. The Labute approximate surface area is 173 Å². The van der Waals surface area contributed by atoms with Crippen molar-refractivity contribution in [2.24, 2.45) is 5.92 Å². The lowest BCUT2D eigenvalue weighted by molar-refractivity contribution is 0.144. The zero-order valence-electron chi connectivity index (χ0n) is 16.7. The van der Waals surface area contributed by atoms with Gasteiger partial charge in [-0.15, -0.1) is 0 Å². The number of anilines is 1. The number of hydrogen-bond donors (Lipinski definition) is 1. The maximum Gasteiger partial charge on any atom is 0.282 e. The highest BCUT2D eigenvalue weighted by Gasteiger charge is 2.30. The van der Waals surface area contributed by atoms with Gasteiger partial charge in [0.2, 0.25) is 0 Å². The molecular formula is C19H23F2N7OS. The Morgan fingerprint density at radius 2 is 2.10 bits per heavy atom. The van der Waals surface area contributed by atoms with E-state index in [0.29, 0.717) is 28.6 Å². The van der Waals surface area contributed by atoms with Crippen LogP contribution in [0.5, 0.6) is 0 Å². The molecule has 0 aliphatic carbocycles. The van der Waals surface area contributed by atoms with Gasteiger partial charge >= 0.3 is 0 Å². The Balaban J connectivity index is 1.68. The summed E-state index contributed by atoms with van der Waals surface area (Å²) in [5.74, 6) is 1.19. The molecule has 1 N–H and O–H groups in total. The second kappa shape index (κ2) is 7.86. The molecule has 3 aromatic heterocycles. The van der Waals surface area contributed by atoms with E-state index in [4.69, 9.17) is 4.78 Å². The minimum atomic E-state index is -2.68. The summed E-state index contributed by atoms with van der Waals surface area (Å²) in [6.45, 7) is 2.85. The molecule has 4 rings (SSSR count). The molecule has 1 fully saturated rings. The van der Waals surface area contributed by atoms with Crippen molar-refractivity contribution in [2.75, 3.05) is 23.5 Å². The molecule has 0 spiro atoms. The quantitative estimate of drug-likeness (QED) is 0.659. The third-order valence-electron chi connectivity index (χ3n) is 5.50. The van der Waals surface area contributed by atoms with Crippen molar-refractivity contribution >= 4 is 21.2 Å². The van der Waals surface area contributed by atoms with Crippen molar-refractivity contribution in [1.29, 1.82) is 4.78 Å². The van der Waals surface area contributed by atoms with Crippen molar-refractivity contribution < 1.29 is 13.0 Å². The number of rotatable bonds is 5. The molecule has 11 heteroatoms. The minimum absolute atomic E-state index is 0.0679. The molecule has 8 nitrogen and oxygen atoms in total. The highest BCUT2D eigenvalue weighted by atomic mass is 32.2. The number of piperidine rings is 1. The molecule has 30 heavy (non-hydrogen) atoms. The van der Waals surface area contributed by atoms with Crippen molar-refractivity contribution in [2.45, 2.75) is 32.2 Å². The Morgan fingerprint density at radius 3 is 2.83 bits per heavy atom. The van der Waals surface area contributed by atoms with Crippen molar-refractivity contribution in [1.82, 2.24) is 24.6 Å². The SMILES string of the molecule is C[C@H]1[C@@H](CS(C)(=N)=O)CCCN1c1cc(-c2cnc3ccc(C(F)F)nn23)ncn1. The van der Waals surface area contributed by atoms with Crippen LogP contribution >= 0.6 is 0 Å². The molecule has 1 saturated heterocycles. The summed E-state index contributed by atoms with van der Waals surface area (Å²) in [4.78, 5) is 15.1. The Morgan fingerprint density at radius 1 is 1.30 bits per heavy atom.